The summed E-state index contributed by atoms with van der Waals surface area (Å²) in [6, 6.07) is 10.6. The molecule has 4 nitrogen and oxygen atoms in total. The molecule has 0 spiro atoms. The molecule has 1 N–H and O–H groups in total. The molecule has 0 radical (unpaired) electrons. The normalized spacial score (nSPS) is 10.8. The number of aromatic nitrogens is 2. The molecular weight excluding hydrogens is 248 g/mol. The van der Waals surface area contributed by atoms with Crippen LogP contribution in [-0.2, 0) is 13.1 Å². The van der Waals surface area contributed by atoms with Crippen LogP contribution >= 0.6 is 0 Å². The summed E-state index contributed by atoms with van der Waals surface area (Å²) in [7, 11) is 2.04. The molecule has 106 valence electrons. The molecule has 0 unspecified atom stereocenters. The lowest BCUT2D eigenvalue weighted by Crippen LogP contribution is -2.22. The first-order chi connectivity index (χ1) is 9.65. The summed E-state index contributed by atoms with van der Waals surface area (Å²) in [6.07, 6.45) is 3.68. The fourth-order valence-corrected chi connectivity index (χ4v) is 1.92. The Bertz CT molecular complexity index is 525. The Morgan fingerprint density at radius 1 is 1.15 bits per heavy atom. The smallest absolute Gasteiger partial charge is 0.128 e. The number of rotatable bonds is 6. The SMILES string of the molecule is CC(C)NCc1ccnc(N(C)Cc2ccccn2)c1. The largest absolute Gasteiger partial charge is 0.354 e. The Labute approximate surface area is 120 Å². The van der Waals surface area contributed by atoms with E-state index in [0.29, 0.717) is 6.04 Å². The topological polar surface area (TPSA) is 41.1 Å². The highest BCUT2D eigenvalue weighted by atomic mass is 15.2. The van der Waals surface area contributed by atoms with Gasteiger partial charge >= 0.3 is 0 Å². The number of hydrogen-bond acceptors (Lipinski definition) is 4. The van der Waals surface area contributed by atoms with Crippen LogP contribution in [0.2, 0.25) is 0 Å². The van der Waals surface area contributed by atoms with Gasteiger partial charge in [0.1, 0.15) is 5.82 Å². The first kappa shape index (κ1) is 14.5. The van der Waals surface area contributed by atoms with E-state index in [1.807, 2.05) is 43.7 Å². The molecule has 0 aliphatic carbocycles. The summed E-state index contributed by atoms with van der Waals surface area (Å²) in [6.45, 7) is 5.92. The molecule has 2 heterocycles. The summed E-state index contributed by atoms with van der Waals surface area (Å²) in [5, 5.41) is 3.42. The molecule has 0 aromatic carbocycles. The average Bonchev–Trinajstić information content (AvgIpc) is 2.46. The number of anilines is 1. The Morgan fingerprint density at radius 2 is 2.00 bits per heavy atom. The molecule has 0 amide bonds. The molecule has 0 atom stereocenters. The van der Waals surface area contributed by atoms with E-state index < -0.39 is 0 Å². The minimum Gasteiger partial charge on any atom is -0.354 e. The van der Waals surface area contributed by atoms with Gasteiger partial charge < -0.3 is 10.2 Å². The first-order valence-corrected chi connectivity index (χ1v) is 6.94. The lowest BCUT2D eigenvalue weighted by molar-refractivity contribution is 0.588. The third-order valence-electron chi connectivity index (χ3n) is 3.04. The maximum atomic E-state index is 4.43. The van der Waals surface area contributed by atoms with E-state index >= 15 is 0 Å². The van der Waals surface area contributed by atoms with E-state index in [0.717, 1.165) is 24.6 Å². The molecular formula is C16H22N4. The minimum atomic E-state index is 0.484. The lowest BCUT2D eigenvalue weighted by atomic mass is 10.2. The van der Waals surface area contributed by atoms with E-state index in [4.69, 9.17) is 0 Å². The van der Waals surface area contributed by atoms with Crippen molar-refractivity contribution in [3.63, 3.8) is 0 Å². The van der Waals surface area contributed by atoms with E-state index in [9.17, 15) is 0 Å². The van der Waals surface area contributed by atoms with E-state index in [1.165, 1.54) is 5.56 Å². The number of nitrogens with zero attached hydrogens (tertiary/aromatic N) is 3. The quantitative estimate of drug-likeness (QED) is 0.876. The summed E-state index contributed by atoms with van der Waals surface area (Å²) >= 11 is 0. The molecule has 0 aliphatic rings. The summed E-state index contributed by atoms with van der Waals surface area (Å²) in [4.78, 5) is 10.9. The first-order valence-electron chi connectivity index (χ1n) is 6.94. The van der Waals surface area contributed by atoms with Crippen molar-refractivity contribution in [3.05, 3.63) is 54.0 Å². The van der Waals surface area contributed by atoms with Crippen molar-refractivity contribution < 1.29 is 0 Å². The van der Waals surface area contributed by atoms with Gasteiger partial charge in [-0.2, -0.15) is 0 Å². The van der Waals surface area contributed by atoms with Gasteiger partial charge in [0, 0.05) is 32.0 Å². The van der Waals surface area contributed by atoms with Gasteiger partial charge in [-0.1, -0.05) is 19.9 Å². The fraction of sp³-hybridized carbons (Fsp3) is 0.375. The van der Waals surface area contributed by atoms with Crippen LogP contribution in [0.25, 0.3) is 0 Å². The molecule has 0 fully saturated rings. The highest BCUT2D eigenvalue weighted by Gasteiger charge is 2.05. The van der Waals surface area contributed by atoms with Crippen molar-refractivity contribution in [1.29, 1.82) is 0 Å². The van der Waals surface area contributed by atoms with Crippen LogP contribution in [0, 0.1) is 0 Å². The van der Waals surface area contributed by atoms with Gasteiger partial charge in [0.2, 0.25) is 0 Å². The second-order valence-electron chi connectivity index (χ2n) is 5.24. The van der Waals surface area contributed by atoms with E-state index in [-0.39, 0.29) is 0 Å². The highest BCUT2D eigenvalue weighted by molar-refractivity contribution is 5.40. The highest BCUT2D eigenvalue weighted by Crippen LogP contribution is 2.13. The van der Waals surface area contributed by atoms with Crippen molar-refractivity contribution >= 4 is 5.82 Å². The Balaban J connectivity index is 2.02. The van der Waals surface area contributed by atoms with Crippen LogP contribution in [0.4, 0.5) is 5.82 Å². The number of pyridine rings is 2. The Morgan fingerprint density at radius 3 is 2.70 bits per heavy atom. The summed E-state index contributed by atoms with van der Waals surface area (Å²) in [5.41, 5.74) is 2.29. The summed E-state index contributed by atoms with van der Waals surface area (Å²) in [5.74, 6) is 0.971. The van der Waals surface area contributed by atoms with Crippen LogP contribution in [0.5, 0.6) is 0 Å². The van der Waals surface area contributed by atoms with Crippen molar-refractivity contribution in [2.24, 2.45) is 0 Å². The van der Waals surface area contributed by atoms with Crippen molar-refractivity contribution in [3.8, 4) is 0 Å². The van der Waals surface area contributed by atoms with Crippen molar-refractivity contribution in [2.75, 3.05) is 11.9 Å². The Hall–Kier alpha value is -1.94. The van der Waals surface area contributed by atoms with E-state index in [2.05, 4.69) is 40.1 Å². The van der Waals surface area contributed by atoms with E-state index in [1.54, 1.807) is 0 Å². The maximum absolute atomic E-state index is 4.43. The van der Waals surface area contributed by atoms with Gasteiger partial charge in [-0.3, -0.25) is 4.98 Å². The molecule has 0 saturated carbocycles. The van der Waals surface area contributed by atoms with Gasteiger partial charge in [-0.25, -0.2) is 4.98 Å². The van der Waals surface area contributed by atoms with Gasteiger partial charge in [0.15, 0.2) is 0 Å². The number of nitrogens with one attached hydrogen (secondary N) is 1. The van der Waals surface area contributed by atoms with Crippen LogP contribution in [0.3, 0.4) is 0 Å². The third-order valence-corrected chi connectivity index (χ3v) is 3.04. The molecule has 2 aromatic heterocycles. The van der Waals surface area contributed by atoms with Gasteiger partial charge in [-0.15, -0.1) is 0 Å². The molecule has 4 heteroatoms. The molecule has 2 aromatic rings. The standard InChI is InChI=1S/C16H22N4/c1-13(2)19-11-14-7-9-18-16(10-14)20(3)12-15-6-4-5-8-17-15/h4-10,13,19H,11-12H2,1-3H3. The number of hydrogen-bond donors (Lipinski definition) is 1. The van der Waals surface area contributed by atoms with Crippen LogP contribution in [0.15, 0.2) is 42.7 Å². The molecule has 0 bridgehead atoms. The second kappa shape index (κ2) is 7.01. The van der Waals surface area contributed by atoms with Gasteiger partial charge in [0.05, 0.1) is 12.2 Å². The molecule has 20 heavy (non-hydrogen) atoms. The van der Waals surface area contributed by atoms with Crippen LogP contribution < -0.4 is 10.2 Å². The Kier molecular flexibility index (Phi) is 5.07. The van der Waals surface area contributed by atoms with Gasteiger partial charge in [-0.05, 0) is 29.8 Å². The zero-order valence-electron chi connectivity index (χ0n) is 12.4. The second-order valence-corrected chi connectivity index (χ2v) is 5.24. The summed E-state index contributed by atoms with van der Waals surface area (Å²) < 4.78 is 0. The minimum absolute atomic E-state index is 0.484. The molecule has 0 saturated heterocycles. The lowest BCUT2D eigenvalue weighted by Gasteiger charge is -2.18. The molecule has 0 aliphatic heterocycles. The van der Waals surface area contributed by atoms with Gasteiger partial charge in [0.25, 0.3) is 0 Å². The van der Waals surface area contributed by atoms with Crippen LogP contribution in [-0.4, -0.2) is 23.1 Å². The predicted octanol–water partition coefficient (Wildman–Crippen LogP) is 2.61. The molecule has 2 rings (SSSR count). The van der Waals surface area contributed by atoms with Crippen LogP contribution in [0.1, 0.15) is 25.1 Å². The monoisotopic (exact) mass is 270 g/mol. The van der Waals surface area contributed by atoms with Crippen molar-refractivity contribution in [2.45, 2.75) is 33.0 Å². The predicted molar refractivity (Wildman–Crippen MR) is 82.6 cm³/mol. The maximum Gasteiger partial charge on any atom is 0.128 e. The van der Waals surface area contributed by atoms with Crippen molar-refractivity contribution in [1.82, 2.24) is 15.3 Å². The zero-order chi connectivity index (χ0) is 14.4. The fourth-order valence-electron chi connectivity index (χ4n) is 1.92. The third kappa shape index (κ3) is 4.31. The average molecular weight is 270 g/mol. The zero-order valence-corrected chi connectivity index (χ0v) is 12.4.